The van der Waals surface area contributed by atoms with Crippen LogP contribution in [0.15, 0.2) is 53.7 Å². The Morgan fingerprint density at radius 1 is 1.20 bits per heavy atom. The van der Waals surface area contributed by atoms with Gasteiger partial charge in [0, 0.05) is 29.4 Å². The van der Waals surface area contributed by atoms with Gasteiger partial charge in [-0.15, -0.1) is 11.8 Å². The fourth-order valence-electron chi connectivity index (χ4n) is 2.83. The molecule has 0 fully saturated rings. The van der Waals surface area contributed by atoms with Crippen LogP contribution in [0.3, 0.4) is 0 Å². The second kappa shape index (κ2) is 7.80. The van der Waals surface area contributed by atoms with Gasteiger partial charge in [0.2, 0.25) is 5.91 Å². The number of thioether (sulfide) groups is 1. The fraction of sp³-hybridized carbons (Fsp3) is 0.316. The van der Waals surface area contributed by atoms with Crippen molar-refractivity contribution in [2.75, 3.05) is 32.1 Å². The number of pyridine rings is 1. The molecule has 1 aliphatic rings. The lowest BCUT2D eigenvalue weighted by atomic mass is 10.1. The smallest absolute Gasteiger partial charge is 0.248 e. The number of aromatic nitrogens is 1. The predicted molar refractivity (Wildman–Crippen MR) is 100 cm³/mol. The molecule has 0 N–H and O–H groups in total. The van der Waals surface area contributed by atoms with Crippen LogP contribution in [0.5, 0.6) is 0 Å². The van der Waals surface area contributed by atoms with Crippen LogP contribution in [0.2, 0.25) is 0 Å². The molecule has 1 atom stereocenters. The number of carbonyl (C=O) groups excluding carboxylic acids is 2. The molecule has 1 aromatic carbocycles. The molecule has 0 spiro atoms. The zero-order valence-electron chi connectivity index (χ0n) is 14.4. The third-order valence-electron chi connectivity index (χ3n) is 4.08. The van der Waals surface area contributed by atoms with Gasteiger partial charge in [0.1, 0.15) is 0 Å². The number of Topliss-reactive ketones (excluding diaryl/α,β-unsaturated/α-hetero) is 1. The summed E-state index contributed by atoms with van der Waals surface area (Å²) in [6, 6.07) is 11.1. The van der Waals surface area contributed by atoms with Gasteiger partial charge in [0.25, 0.3) is 0 Å². The van der Waals surface area contributed by atoms with Crippen LogP contribution in [0.4, 0.5) is 5.69 Å². The fourth-order valence-corrected chi connectivity index (χ4v) is 4.01. The summed E-state index contributed by atoms with van der Waals surface area (Å²) in [6.07, 6.45) is 4.01. The van der Waals surface area contributed by atoms with E-state index in [0.29, 0.717) is 12.1 Å². The maximum atomic E-state index is 13.0. The Balaban J connectivity index is 1.87. The Labute approximate surface area is 152 Å². The van der Waals surface area contributed by atoms with Crippen LogP contribution in [-0.4, -0.2) is 54.0 Å². The van der Waals surface area contributed by atoms with Crippen LogP contribution in [-0.2, 0) is 4.79 Å². The number of hydrogen-bond donors (Lipinski definition) is 0. The highest BCUT2D eigenvalue weighted by molar-refractivity contribution is 8.01. The molecule has 1 aliphatic heterocycles. The van der Waals surface area contributed by atoms with Crippen molar-refractivity contribution in [3.63, 3.8) is 0 Å². The van der Waals surface area contributed by atoms with Gasteiger partial charge in [0.05, 0.1) is 5.69 Å². The number of benzene rings is 1. The maximum absolute atomic E-state index is 13.0. The number of para-hydroxylation sites is 1. The highest BCUT2D eigenvalue weighted by Gasteiger charge is 2.38. The molecule has 0 saturated heterocycles. The number of ketones is 1. The minimum atomic E-state index is -0.739. The normalized spacial score (nSPS) is 16.8. The number of carbonyl (C=O) groups is 2. The monoisotopic (exact) mass is 355 g/mol. The lowest BCUT2D eigenvalue weighted by molar-refractivity contribution is -0.117. The summed E-state index contributed by atoms with van der Waals surface area (Å²) in [5, 5.41) is -0.739. The van der Waals surface area contributed by atoms with Crippen molar-refractivity contribution in [3.05, 3.63) is 54.4 Å². The first-order valence-corrected chi connectivity index (χ1v) is 9.12. The standard InChI is InChI=1S/C19H21N3O2S/c1-21(2)12-5-13-22-15-6-3-4-7-16(15)25-18(19(22)24)17(23)14-8-10-20-11-9-14/h3-4,6-11,18H,5,12-13H2,1-2H3. The van der Waals surface area contributed by atoms with Gasteiger partial charge in [-0.2, -0.15) is 0 Å². The molecule has 2 heterocycles. The van der Waals surface area contributed by atoms with Gasteiger partial charge in [-0.25, -0.2) is 0 Å². The summed E-state index contributed by atoms with van der Waals surface area (Å²) in [4.78, 5) is 34.6. The molecule has 130 valence electrons. The molecule has 5 nitrogen and oxygen atoms in total. The number of fused-ring (bicyclic) bond motifs is 1. The summed E-state index contributed by atoms with van der Waals surface area (Å²) in [5.41, 5.74) is 1.42. The van der Waals surface area contributed by atoms with E-state index in [4.69, 9.17) is 0 Å². The third-order valence-corrected chi connectivity index (χ3v) is 5.33. The Morgan fingerprint density at radius 2 is 1.92 bits per heavy atom. The molecule has 6 heteroatoms. The Hall–Kier alpha value is -2.18. The molecule has 0 bridgehead atoms. The minimum absolute atomic E-state index is 0.135. The lowest BCUT2D eigenvalue weighted by Gasteiger charge is -2.33. The number of rotatable bonds is 6. The zero-order valence-corrected chi connectivity index (χ0v) is 15.2. The first-order valence-electron chi connectivity index (χ1n) is 8.24. The van der Waals surface area contributed by atoms with Crippen molar-refractivity contribution < 1.29 is 9.59 Å². The lowest BCUT2D eigenvalue weighted by Crippen LogP contribution is -2.45. The molecular weight excluding hydrogens is 334 g/mol. The second-order valence-corrected chi connectivity index (χ2v) is 7.36. The first kappa shape index (κ1) is 17.6. The molecule has 3 rings (SSSR count). The molecule has 1 unspecified atom stereocenters. The summed E-state index contributed by atoms with van der Waals surface area (Å²) >= 11 is 1.34. The minimum Gasteiger partial charge on any atom is -0.310 e. The summed E-state index contributed by atoms with van der Waals surface area (Å²) in [6.45, 7) is 1.50. The van der Waals surface area contributed by atoms with Crippen LogP contribution >= 0.6 is 11.8 Å². The van der Waals surface area contributed by atoms with Gasteiger partial charge in [-0.1, -0.05) is 12.1 Å². The van der Waals surface area contributed by atoms with E-state index >= 15 is 0 Å². The molecule has 2 aromatic rings. The molecular formula is C19H21N3O2S. The SMILES string of the molecule is CN(C)CCCN1C(=O)C(C(=O)c2ccncc2)Sc2ccccc21. The van der Waals surface area contributed by atoms with E-state index in [1.54, 1.807) is 29.4 Å². The van der Waals surface area contributed by atoms with Crippen LogP contribution < -0.4 is 4.90 Å². The van der Waals surface area contributed by atoms with E-state index in [-0.39, 0.29) is 11.7 Å². The molecule has 25 heavy (non-hydrogen) atoms. The van der Waals surface area contributed by atoms with Crippen molar-refractivity contribution >= 4 is 29.1 Å². The summed E-state index contributed by atoms with van der Waals surface area (Å²) in [5.74, 6) is -0.297. The van der Waals surface area contributed by atoms with Crippen molar-refractivity contribution in [1.29, 1.82) is 0 Å². The number of nitrogens with zero attached hydrogens (tertiary/aromatic N) is 3. The summed E-state index contributed by atoms with van der Waals surface area (Å²) < 4.78 is 0. The Bertz CT molecular complexity index is 764. The molecule has 0 radical (unpaired) electrons. The van der Waals surface area contributed by atoms with E-state index in [2.05, 4.69) is 9.88 Å². The average Bonchev–Trinajstić information content (AvgIpc) is 2.63. The van der Waals surface area contributed by atoms with Gasteiger partial charge in [0.15, 0.2) is 11.0 Å². The third kappa shape index (κ3) is 3.91. The quantitative estimate of drug-likeness (QED) is 0.589. The molecule has 1 amide bonds. The van der Waals surface area contributed by atoms with E-state index < -0.39 is 5.25 Å². The number of anilines is 1. The molecule has 0 aliphatic carbocycles. The van der Waals surface area contributed by atoms with E-state index in [1.165, 1.54) is 11.8 Å². The molecule has 1 aromatic heterocycles. The van der Waals surface area contributed by atoms with Gasteiger partial charge >= 0.3 is 0 Å². The number of hydrogen-bond acceptors (Lipinski definition) is 5. The maximum Gasteiger partial charge on any atom is 0.248 e. The molecule has 0 saturated carbocycles. The van der Waals surface area contributed by atoms with Gasteiger partial charge < -0.3 is 9.80 Å². The number of amides is 1. The van der Waals surface area contributed by atoms with E-state index in [9.17, 15) is 9.59 Å². The van der Waals surface area contributed by atoms with Gasteiger partial charge in [-0.05, 0) is 51.3 Å². The van der Waals surface area contributed by atoms with Crippen LogP contribution in [0.25, 0.3) is 0 Å². The Morgan fingerprint density at radius 3 is 2.64 bits per heavy atom. The average molecular weight is 355 g/mol. The zero-order chi connectivity index (χ0) is 17.8. The highest BCUT2D eigenvalue weighted by atomic mass is 32.2. The van der Waals surface area contributed by atoms with Crippen molar-refractivity contribution in [2.45, 2.75) is 16.6 Å². The second-order valence-electron chi connectivity index (χ2n) is 6.21. The summed E-state index contributed by atoms with van der Waals surface area (Å²) in [7, 11) is 4.02. The topological polar surface area (TPSA) is 53.5 Å². The van der Waals surface area contributed by atoms with Crippen molar-refractivity contribution in [1.82, 2.24) is 9.88 Å². The Kier molecular flexibility index (Phi) is 5.50. The van der Waals surface area contributed by atoms with Crippen LogP contribution in [0.1, 0.15) is 16.8 Å². The van der Waals surface area contributed by atoms with E-state index in [0.717, 1.165) is 23.5 Å². The van der Waals surface area contributed by atoms with Crippen LogP contribution in [0, 0.1) is 0 Å². The highest BCUT2D eigenvalue weighted by Crippen LogP contribution is 2.40. The predicted octanol–water partition coefficient (Wildman–Crippen LogP) is 2.72. The van der Waals surface area contributed by atoms with Crippen molar-refractivity contribution in [2.24, 2.45) is 0 Å². The van der Waals surface area contributed by atoms with Crippen molar-refractivity contribution in [3.8, 4) is 0 Å². The van der Waals surface area contributed by atoms with Gasteiger partial charge in [-0.3, -0.25) is 14.6 Å². The van der Waals surface area contributed by atoms with E-state index in [1.807, 2.05) is 38.4 Å². The first-order chi connectivity index (χ1) is 12.1. The largest absolute Gasteiger partial charge is 0.310 e.